The summed E-state index contributed by atoms with van der Waals surface area (Å²) in [5.41, 5.74) is 0.446. The summed E-state index contributed by atoms with van der Waals surface area (Å²) in [5, 5.41) is 16.8. The van der Waals surface area contributed by atoms with Gasteiger partial charge in [-0.15, -0.1) is 0 Å². The van der Waals surface area contributed by atoms with Crippen molar-refractivity contribution in [2.24, 2.45) is 5.10 Å². The lowest BCUT2D eigenvalue weighted by atomic mass is 9.88. The van der Waals surface area contributed by atoms with Gasteiger partial charge in [0.1, 0.15) is 5.82 Å². The minimum absolute atomic E-state index is 0.0773. The van der Waals surface area contributed by atoms with E-state index in [0.29, 0.717) is 28.7 Å². The number of nitro groups is 1. The van der Waals surface area contributed by atoms with Gasteiger partial charge in [-0.3, -0.25) is 14.9 Å². The summed E-state index contributed by atoms with van der Waals surface area (Å²) in [6, 6.07) is 10.0. The predicted octanol–water partition coefficient (Wildman–Crippen LogP) is 6.07. The second kappa shape index (κ2) is 10.3. The molecule has 1 heterocycles. The molecule has 3 aromatic rings. The van der Waals surface area contributed by atoms with Crippen LogP contribution in [-0.2, 0) is 0 Å². The first-order chi connectivity index (χ1) is 16.4. The highest BCUT2D eigenvalue weighted by atomic mass is 35.5. The topological polar surface area (TPSA) is 99.6 Å². The molecule has 0 N–H and O–H groups in total. The number of nitrogens with zero attached hydrogens (tertiary/aromatic N) is 4. The number of aromatic nitrogens is 2. The molecule has 34 heavy (non-hydrogen) atoms. The Morgan fingerprint density at radius 1 is 1.29 bits per heavy atom. The third kappa shape index (κ3) is 4.97. The molecule has 2 aromatic carbocycles. The van der Waals surface area contributed by atoms with E-state index in [4.69, 9.17) is 21.3 Å². The van der Waals surface area contributed by atoms with Crippen LogP contribution < -0.4 is 10.3 Å². The molecule has 178 valence electrons. The SMILES string of the molecule is CC[C@@H](C)Oc1c(C=Nn2c(C3CCCCC3)nc3ccccc3c2=O)cc(Cl)cc1[N+](=O)[O-]. The number of rotatable bonds is 7. The molecule has 0 spiro atoms. The molecule has 8 nitrogen and oxygen atoms in total. The molecule has 1 aliphatic rings. The molecular formula is C25H27ClN4O4. The lowest BCUT2D eigenvalue weighted by Gasteiger charge is -2.22. The van der Waals surface area contributed by atoms with Gasteiger partial charge in [-0.05, 0) is 44.4 Å². The molecular weight excluding hydrogens is 456 g/mol. The van der Waals surface area contributed by atoms with Crippen LogP contribution in [0.3, 0.4) is 0 Å². The van der Waals surface area contributed by atoms with Gasteiger partial charge in [0.25, 0.3) is 5.56 Å². The van der Waals surface area contributed by atoms with E-state index < -0.39 is 4.92 Å². The van der Waals surface area contributed by atoms with Crippen LogP contribution in [0.15, 0.2) is 46.3 Å². The molecule has 0 radical (unpaired) electrons. The molecule has 0 unspecified atom stereocenters. The monoisotopic (exact) mass is 482 g/mol. The minimum atomic E-state index is -0.530. The van der Waals surface area contributed by atoms with Gasteiger partial charge in [0.05, 0.1) is 28.1 Å². The fourth-order valence-corrected chi connectivity index (χ4v) is 4.46. The van der Waals surface area contributed by atoms with Crippen molar-refractivity contribution in [3.05, 3.63) is 73.3 Å². The van der Waals surface area contributed by atoms with Crippen molar-refractivity contribution in [1.82, 2.24) is 9.66 Å². The van der Waals surface area contributed by atoms with Crippen LogP contribution in [0, 0.1) is 10.1 Å². The fraction of sp³-hybridized carbons (Fsp3) is 0.400. The summed E-state index contributed by atoms with van der Waals surface area (Å²) in [4.78, 5) is 29.4. The van der Waals surface area contributed by atoms with Gasteiger partial charge in [0.15, 0.2) is 0 Å². The van der Waals surface area contributed by atoms with Crippen LogP contribution >= 0.6 is 11.6 Å². The predicted molar refractivity (Wildman–Crippen MR) is 133 cm³/mol. The van der Waals surface area contributed by atoms with E-state index in [1.54, 1.807) is 18.2 Å². The van der Waals surface area contributed by atoms with Gasteiger partial charge >= 0.3 is 5.69 Å². The van der Waals surface area contributed by atoms with Crippen molar-refractivity contribution in [3.63, 3.8) is 0 Å². The number of fused-ring (bicyclic) bond motifs is 1. The zero-order valence-electron chi connectivity index (χ0n) is 19.2. The van der Waals surface area contributed by atoms with E-state index >= 15 is 0 Å². The van der Waals surface area contributed by atoms with Crippen molar-refractivity contribution in [2.45, 2.75) is 64.4 Å². The van der Waals surface area contributed by atoms with Crippen LogP contribution in [0.2, 0.25) is 5.02 Å². The first-order valence-corrected chi connectivity index (χ1v) is 12.0. The molecule has 0 amide bonds. The number of nitro benzene ring substituents is 1. The molecule has 0 aliphatic heterocycles. The first kappa shape index (κ1) is 23.9. The summed E-state index contributed by atoms with van der Waals surface area (Å²) in [6.45, 7) is 3.76. The highest BCUT2D eigenvalue weighted by molar-refractivity contribution is 6.31. The Balaban J connectivity index is 1.87. The van der Waals surface area contributed by atoms with E-state index in [1.165, 1.54) is 23.4 Å². The number of hydrogen-bond acceptors (Lipinski definition) is 6. The summed E-state index contributed by atoms with van der Waals surface area (Å²) in [7, 11) is 0. The second-order valence-corrected chi connectivity index (χ2v) is 9.06. The van der Waals surface area contributed by atoms with Gasteiger partial charge in [-0.1, -0.05) is 49.9 Å². The smallest absolute Gasteiger partial charge is 0.313 e. The molecule has 0 saturated heterocycles. The van der Waals surface area contributed by atoms with E-state index in [2.05, 4.69) is 5.10 Å². The maximum atomic E-state index is 13.4. The van der Waals surface area contributed by atoms with Crippen molar-refractivity contribution >= 4 is 34.4 Å². The van der Waals surface area contributed by atoms with Crippen molar-refractivity contribution < 1.29 is 9.66 Å². The Kier molecular flexibility index (Phi) is 7.26. The number of benzene rings is 2. The van der Waals surface area contributed by atoms with Gasteiger partial charge in [0, 0.05) is 22.6 Å². The summed E-state index contributed by atoms with van der Waals surface area (Å²) < 4.78 is 7.21. The highest BCUT2D eigenvalue weighted by Gasteiger charge is 2.24. The van der Waals surface area contributed by atoms with Crippen LogP contribution in [-0.4, -0.2) is 26.9 Å². The summed E-state index contributed by atoms with van der Waals surface area (Å²) in [5.74, 6) is 0.807. The zero-order chi connectivity index (χ0) is 24.2. The fourth-order valence-electron chi connectivity index (χ4n) is 4.24. The molecule has 9 heteroatoms. The van der Waals surface area contributed by atoms with Crippen LogP contribution in [0.25, 0.3) is 10.9 Å². The van der Waals surface area contributed by atoms with Crippen molar-refractivity contribution in [1.29, 1.82) is 0 Å². The summed E-state index contributed by atoms with van der Waals surface area (Å²) in [6.07, 6.45) is 7.00. The molecule has 1 aliphatic carbocycles. The van der Waals surface area contributed by atoms with Crippen LogP contribution in [0.4, 0.5) is 5.69 Å². The lowest BCUT2D eigenvalue weighted by molar-refractivity contribution is -0.386. The van der Waals surface area contributed by atoms with Crippen LogP contribution in [0.1, 0.15) is 69.7 Å². The van der Waals surface area contributed by atoms with E-state index in [0.717, 1.165) is 25.7 Å². The zero-order valence-corrected chi connectivity index (χ0v) is 20.0. The Hall–Kier alpha value is -3.26. The standard InChI is InChI=1S/C25H27ClN4O4/c1-3-16(2)34-23-18(13-19(26)14-22(23)30(32)33)15-27-29-24(17-9-5-4-6-10-17)28-21-12-8-7-11-20(21)25(29)31/h7-8,11-17H,3-6,9-10H2,1-2H3/t16-/m1/s1. The number of para-hydroxylation sites is 1. The quantitative estimate of drug-likeness (QED) is 0.231. The molecule has 0 bridgehead atoms. The summed E-state index contributed by atoms with van der Waals surface area (Å²) >= 11 is 6.18. The van der Waals surface area contributed by atoms with Gasteiger partial charge in [0.2, 0.25) is 5.75 Å². The van der Waals surface area contributed by atoms with Gasteiger partial charge in [-0.2, -0.15) is 9.78 Å². The Morgan fingerprint density at radius 2 is 2.03 bits per heavy atom. The Bertz CT molecular complexity index is 1300. The van der Waals surface area contributed by atoms with Crippen molar-refractivity contribution in [2.75, 3.05) is 0 Å². The maximum Gasteiger partial charge on any atom is 0.313 e. The third-order valence-electron chi connectivity index (χ3n) is 6.21. The molecule has 1 saturated carbocycles. The van der Waals surface area contributed by atoms with Gasteiger partial charge in [-0.25, -0.2) is 4.98 Å². The molecule has 1 atom stereocenters. The number of halogens is 1. The average molecular weight is 483 g/mol. The van der Waals surface area contributed by atoms with E-state index in [9.17, 15) is 14.9 Å². The van der Waals surface area contributed by atoms with Crippen molar-refractivity contribution in [3.8, 4) is 5.75 Å². The van der Waals surface area contributed by atoms with Gasteiger partial charge < -0.3 is 4.74 Å². The van der Waals surface area contributed by atoms with E-state index in [1.807, 2.05) is 26.0 Å². The number of hydrogen-bond donors (Lipinski definition) is 0. The molecule has 1 fully saturated rings. The lowest BCUT2D eigenvalue weighted by Crippen LogP contribution is -2.25. The Labute approximate surface area is 202 Å². The highest BCUT2D eigenvalue weighted by Crippen LogP contribution is 2.35. The second-order valence-electron chi connectivity index (χ2n) is 8.62. The van der Waals surface area contributed by atoms with Crippen LogP contribution in [0.5, 0.6) is 5.75 Å². The average Bonchev–Trinajstić information content (AvgIpc) is 2.84. The molecule has 4 rings (SSSR count). The largest absolute Gasteiger partial charge is 0.483 e. The minimum Gasteiger partial charge on any atom is -0.483 e. The first-order valence-electron chi connectivity index (χ1n) is 11.6. The Morgan fingerprint density at radius 3 is 2.74 bits per heavy atom. The molecule has 1 aromatic heterocycles. The normalized spacial score (nSPS) is 15.6. The third-order valence-corrected chi connectivity index (χ3v) is 6.43. The number of ether oxygens (including phenoxy) is 1. The van der Waals surface area contributed by atoms with E-state index in [-0.39, 0.29) is 34.0 Å². The maximum absolute atomic E-state index is 13.4.